The molecular formula is C17H26BrNO4. The van der Waals surface area contributed by atoms with Crippen LogP contribution in [-0.2, 0) is 11.3 Å². The third-order valence-electron chi connectivity index (χ3n) is 3.26. The number of carboxylic acid groups (broad SMARTS) is 1. The maximum atomic E-state index is 11.3. The molecule has 0 spiro atoms. The molecule has 130 valence electrons. The minimum atomic E-state index is -0.828. The lowest BCUT2D eigenvalue weighted by atomic mass is 10.0. The average Bonchev–Trinajstić information content (AvgIpc) is 2.47. The van der Waals surface area contributed by atoms with Crippen LogP contribution in [0.4, 0.5) is 0 Å². The number of nitrogens with one attached hydrogen (secondary N) is 1. The van der Waals surface area contributed by atoms with Crippen LogP contribution in [0.15, 0.2) is 16.6 Å². The molecule has 0 bridgehead atoms. The fraction of sp³-hybridized carbons (Fsp3) is 0.588. The normalized spacial score (nSPS) is 12.3. The molecule has 1 aromatic carbocycles. The smallest absolute Gasteiger partial charge is 0.320 e. The Hall–Kier alpha value is -1.27. The van der Waals surface area contributed by atoms with E-state index in [0.29, 0.717) is 43.6 Å². The predicted octanol–water partition coefficient (Wildman–Crippen LogP) is 3.84. The molecule has 1 aromatic rings. The zero-order valence-corrected chi connectivity index (χ0v) is 15.8. The fourth-order valence-corrected chi connectivity index (χ4v) is 2.69. The molecule has 0 aliphatic carbocycles. The first-order valence-electron chi connectivity index (χ1n) is 7.93. The summed E-state index contributed by atoms with van der Waals surface area (Å²) < 4.78 is 12.1. The van der Waals surface area contributed by atoms with Gasteiger partial charge in [0.25, 0.3) is 0 Å². The van der Waals surface area contributed by atoms with E-state index >= 15 is 0 Å². The highest BCUT2D eigenvalue weighted by molar-refractivity contribution is 9.10. The number of ether oxygens (including phenoxy) is 2. The van der Waals surface area contributed by atoms with Gasteiger partial charge in [0.2, 0.25) is 0 Å². The number of aliphatic carboxylic acids is 1. The molecule has 0 radical (unpaired) electrons. The van der Waals surface area contributed by atoms with Crippen LogP contribution in [0.1, 0.15) is 39.7 Å². The van der Waals surface area contributed by atoms with Crippen LogP contribution < -0.4 is 14.8 Å². The molecule has 0 aliphatic heterocycles. The van der Waals surface area contributed by atoms with Crippen LogP contribution >= 0.6 is 15.9 Å². The van der Waals surface area contributed by atoms with Gasteiger partial charge in [-0.25, -0.2) is 0 Å². The number of halogens is 1. The van der Waals surface area contributed by atoms with Gasteiger partial charge < -0.3 is 19.9 Å². The SMILES string of the molecule is CCOc1cc(Br)c(CNC(CC(C)C)C(=O)O)cc1OCC. The minimum absolute atomic E-state index is 0.311. The molecule has 0 saturated heterocycles. The number of carbonyl (C=O) groups is 1. The molecule has 5 nitrogen and oxygen atoms in total. The van der Waals surface area contributed by atoms with Gasteiger partial charge in [-0.1, -0.05) is 29.8 Å². The first-order valence-corrected chi connectivity index (χ1v) is 8.72. The van der Waals surface area contributed by atoms with Gasteiger partial charge in [-0.15, -0.1) is 0 Å². The van der Waals surface area contributed by atoms with Gasteiger partial charge >= 0.3 is 5.97 Å². The van der Waals surface area contributed by atoms with E-state index in [1.54, 1.807) is 0 Å². The number of hydrogen-bond acceptors (Lipinski definition) is 4. The molecule has 6 heteroatoms. The van der Waals surface area contributed by atoms with Gasteiger partial charge in [0.15, 0.2) is 11.5 Å². The van der Waals surface area contributed by atoms with Crippen molar-refractivity contribution in [1.82, 2.24) is 5.32 Å². The first-order chi connectivity index (χ1) is 10.9. The zero-order valence-electron chi connectivity index (χ0n) is 14.2. The van der Waals surface area contributed by atoms with Crippen molar-refractivity contribution < 1.29 is 19.4 Å². The van der Waals surface area contributed by atoms with Crippen LogP contribution in [0, 0.1) is 5.92 Å². The molecule has 0 aliphatic rings. The van der Waals surface area contributed by atoms with Gasteiger partial charge in [-0.3, -0.25) is 4.79 Å². The summed E-state index contributed by atoms with van der Waals surface area (Å²) >= 11 is 3.52. The molecule has 1 atom stereocenters. The van der Waals surface area contributed by atoms with E-state index in [1.807, 2.05) is 39.8 Å². The summed E-state index contributed by atoms with van der Waals surface area (Å²) in [7, 11) is 0. The minimum Gasteiger partial charge on any atom is -0.490 e. The third kappa shape index (κ3) is 6.39. The Kier molecular flexibility index (Phi) is 8.41. The number of benzene rings is 1. The Morgan fingerprint density at radius 3 is 2.26 bits per heavy atom. The highest BCUT2D eigenvalue weighted by atomic mass is 79.9. The highest BCUT2D eigenvalue weighted by Gasteiger charge is 2.19. The number of rotatable bonds is 10. The Morgan fingerprint density at radius 2 is 1.78 bits per heavy atom. The van der Waals surface area contributed by atoms with Crippen molar-refractivity contribution in [2.45, 2.75) is 46.7 Å². The van der Waals surface area contributed by atoms with E-state index in [9.17, 15) is 9.90 Å². The zero-order chi connectivity index (χ0) is 17.4. The summed E-state index contributed by atoms with van der Waals surface area (Å²) in [6.45, 7) is 9.40. The van der Waals surface area contributed by atoms with Gasteiger partial charge in [0, 0.05) is 11.0 Å². The molecule has 0 aromatic heterocycles. The van der Waals surface area contributed by atoms with E-state index in [4.69, 9.17) is 9.47 Å². The second kappa shape index (κ2) is 9.78. The first kappa shape index (κ1) is 19.8. The second-order valence-corrected chi connectivity index (χ2v) is 6.51. The van der Waals surface area contributed by atoms with Crippen molar-refractivity contribution in [3.63, 3.8) is 0 Å². The quantitative estimate of drug-likeness (QED) is 0.638. The lowest BCUT2D eigenvalue weighted by molar-refractivity contribution is -0.140. The largest absolute Gasteiger partial charge is 0.490 e. The molecule has 1 unspecified atom stereocenters. The maximum Gasteiger partial charge on any atom is 0.320 e. The Balaban J connectivity index is 2.90. The number of carboxylic acids is 1. The Labute approximate surface area is 146 Å². The summed E-state index contributed by atoms with van der Waals surface area (Å²) in [5.41, 5.74) is 0.937. The third-order valence-corrected chi connectivity index (χ3v) is 3.99. The van der Waals surface area contributed by atoms with Gasteiger partial charge in [0.1, 0.15) is 6.04 Å². The lowest BCUT2D eigenvalue weighted by Crippen LogP contribution is -2.37. The van der Waals surface area contributed by atoms with Crippen molar-refractivity contribution in [2.75, 3.05) is 13.2 Å². The van der Waals surface area contributed by atoms with Crippen molar-refractivity contribution in [2.24, 2.45) is 5.92 Å². The standard InChI is InChI=1S/C17H26BrNO4/c1-5-22-15-8-12(13(18)9-16(15)23-6-2)10-19-14(17(20)21)7-11(3)4/h8-9,11,14,19H,5-7,10H2,1-4H3,(H,20,21). The van der Waals surface area contributed by atoms with E-state index in [-0.39, 0.29) is 0 Å². The summed E-state index contributed by atoms with van der Waals surface area (Å²) in [5, 5.41) is 12.4. The predicted molar refractivity (Wildman–Crippen MR) is 94.2 cm³/mol. The molecule has 0 amide bonds. The summed E-state index contributed by atoms with van der Waals surface area (Å²) in [6.07, 6.45) is 0.586. The Morgan fingerprint density at radius 1 is 1.22 bits per heavy atom. The molecule has 0 fully saturated rings. The Bertz CT molecular complexity index is 520. The van der Waals surface area contributed by atoms with Crippen molar-refractivity contribution >= 4 is 21.9 Å². The summed E-state index contributed by atoms with van der Waals surface area (Å²) in [5.74, 6) is 0.837. The van der Waals surface area contributed by atoms with Crippen LogP contribution in [0.2, 0.25) is 0 Å². The van der Waals surface area contributed by atoms with Crippen LogP contribution in [0.3, 0.4) is 0 Å². The van der Waals surface area contributed by atoms with Crippen LogP contribution in [0.25, 0.3) is 0 Å². The second-order valence-electron chi connectivity index (χ2n) is 5.66. The fourth-order valence-electron chi connectivity index (χ4n) is 2.23. The van der Waals surface area contributed by atoms with E-state index in [2.05, 4.69) is 21.2 Å². The molecule has 0 heterocycles. The van der Waals surface area contributed by atoms with Gasteiger partial charge in [-0.2, -0.15) is 0 Å². The van der Waals surface area contributed by atoms with Gasteiger partial charge in [-0.05, 0) is 43.9 Å². The van der Waals surface area contributed by atoms with E-state index in [1.165, 1.54) is 0 Å². The monoisotopic (exact) mass is 387 g/mol. The molecule has 23 heavy (non-hydrogen) atoms. The number of hydrogen-bond donors (Lipinski definition) is 2. The molecule has 2 N–H and O–H groups in total. The van der Waals surface area contributed by atoms with Crippen molar-refractivity contribution in [3.05, 3.63) is 22.2 Å². The topological polar surface area (TPSA) is 67.8 Å². The summed E-state index contributed by atoms with van der Waals surface area (Å²) in [4.78, 5) is 11.3. The van der Waals surface area contributed by atoms with Gasteiger partial charge in [0.05, 0.1) is 13.2 Å². The molecule has 1 rings (SSSR count). The van der Waals surface area contributed by atoms with Crippen LogP contribution in [0.5, 0.6) is 11.5 Å². The van der Waals surface area contributed by atoms with Crippen molar-refractivity contribution in [1.29, 1.82) is 0 Å². The summed E-state index contributed by atoms with van der Waals surface area (Å²) in [6, 6.07) is 3.19. The van der Waals surface area contributed by atoms with E-state index < -0.39 is 12.0 Å². The highest BCUT2D eigenvalue weighted by Crippen LogP contribution is 2.34. The van der Waals surface area contributed by atoms with Crippen molar-refractivity contribution in [3.8, 4) is 11.5 Å². The molecular weight excluding hydrogens is 362 g/mol. The van der Waals surface area contributed by atoms with Crippen LogP contribution in [-0.4, -0.2) is 30.3 Å². The maximum absolute atomic E-state index is 11.3. The van der Waals surface area contributed by atoms with E-state index in [0.717, 1.165) is 10.0 Å². The average molecular weight is 388 g/mol. The molecule has 0 saturated carbocycles. The lowest BCUT2D eigenvalue weighted by Gasteiger charge is -2.18.